The lowest BCUT2D eigenvalue weighted by molar-refractivity contribution is 0.0992. The predicted molar refractivity (Wildman–Crippen MR) is 79.7 cm³/mol. The lowest BCUT2D eigenvalue weighted by atomic mass is 9.84. The molecule has 0 heterocycles. The minimum absolute atomic E-state index is 0.150. The van der Waals surface area contributed by atoms with E-state index in [0.29, 0.717) is 19.0 Å². The van der Waals surface area contributed by atoms with Crippen LogP contribution >= 0.6 is 0 Å². The van der Waals surface area contributed by atoms with Crippen molar-refractivity contribution in [1.29, 1.82) is 0 Å². The van der Waals surface area contributed by atoms with Crippen molar-refractivity contribution in [3.8, 4) is 0 Å². The summed E-state index contributed by atoms with van der Waals surface area (Å²) in [7, 11) is 0. The summed E-state index contributed by atoms with van der Waals surface area (Å²) < 4.78 is 0. The Morgan fingerprint density at radius 1 is 1.21 bits per heavy atom. The smallest absolute Gasteiger partial charge is 0.176 e. The van der Waals surface area contributed by atoms with Gasteiger partial charge in [-0.25, -0.2) is 0 Å². The second-order valence-corrected chi connectivity index (χ2v) is 5.30. The molecule has 102 valence electrons. The molecule has 1 fully saturated rings. The Bertz CT molecular complexity index is 415. The van der Waals surface area contributed by atoms with Crippen LogP contribution in [0.4, 0.5) is 0 Å². The second kappa shape index (κ2) is 7.25. The molecule has 0 radical (unpaired) electrons. The van der Waals surface area contributed by atoms with Gasteiger partial charge in [-0.3, -0.25) is 4.79 Å². The highest BCUT2D eigenvalue weighted by Gasteiger charge is 2.15. The summed E-state index contributed by atoms with van der Waals surface area (Å²) in [6.45, 7) is 4.68. The number of nitrogens with one attached hydrogen (secondary N) is 1. The molecule has 1 aromatic rings. The number of carbonyl (C=O) groups is 1. The third kappa shape index (κ3) is 4.03. The van der Waals surface area contributed by atoms with E-state index in [4.69, 9.17) is 0 Å². The summed E-state index contributed by atoms with van der Waals surface area (Å²) in [4.78, 5) is 11.9. The van der Waals surface area contributed by atoms with Gasteiger partial charge >= 0.3 is 0 Å². The van der Waals surface area contributed by atoms with Crippen LogP contribution in [0.25, 0.3) is 0 Å². The van der Waals surface area contributed by atoms with E-state index in [0.717, 1.165) is 5.56 Å². The maximum Gasteiger partial charge on any atom is 0.176 e. The first kappa shape index (κ1) is 14.0. The Balaban J connectivity index is 1.93. The molecule has 0 amide bonds. The summed E-state index contributed by atoms with van der Waals surface area (Å²) in [6, 6.07) is 8.22. The van der Waals surface area contributed by atoms with Crippen molar-refractivity contribution in [2.24, 2.45) is 0 Å². The molecule has 0 unspecified atom stereocenters. The fraction of sp³-hybridized carbons (Fsp3) is 0.471. The molecular weight excluding hydrogens is 234 g/mol. The van der Waals surface area contributed by atoms with Crippen molar-refractivity contribution in [3.63, 3.8) is 0 Å². The Labute approximate surface area is 115 Å². The molecule has 1 aliphatic rings. The first-order valence-electron chi connectivity index (χ1n) is 7.26. The maximum atomic E-state index is 11.9. The zero-order valence-corrected chi connectivity index (χ0v) is 11.5. The molecule has 0 bridgehead atoms. The van der Waals surface area contributed by atoms with Gasteiger partial charge in [0.1, 0.15) is 0 Å². The van der Waals surface area contributed by atoms with Crippen LogP contribution in [0, 0.1) is 0 Å². The van der Waals surface area contributed by atoms with Gasteiger partial charge in [-0.2, -0.15) is 0 Å². The average Bonchev–Trinajstić information content (AvgIpc) is 2.48. The van der Waals surface area contributed by atoms with Crippen LogP contribution in [0.2, 0.25) is 0 Å². The van der Waals surface area contributed by atoms with Crippen molar-refractivity contribution in [2.45, 2.75) is 38.0 Å². The zero-order valence-electron chi connectivity index (χ0n) is 11.5. The predicted octanol–water partition coefficient (Wildman–Crippen LogP) is 3.69. The average molecular weight is 257 g/mol. The van der Waals surface area contributed by atoms with Crippen LogP contribution in [0.15, 0.2) is 36.9 Å². The summed E-state index contributed by atoms with van der Waals surface area (Å²) in [5.74, 6) is 0.855. The standard InChI is InChI=1S/C17H23NO/c1-2-12-18-13-17(19)16-10-8-15(9-11-16)14-6-4-3-5-7-14/h2,8-11,14,18H,1,3-7,12-13H2. The van der Waals surface area contributed by atoms with Crippen LogP contribution < -0.4 is 5.32 Å². The number of hydrogen-bond acceptors (Lipinski definition) is 2. The lowest BCUT2D eigenvalue weighted by Gasteiger charge is -2.22. The molecule has 1 aromatic carbocycles. The third-order valence-electron chi connectivity index (χ3n) is 3.88. The molecule has 1 aliphatic carbocycles. The van der Waals surface area contributed by atoms with E-state index >= 15 is 0 Å². The first-order valence-corrected chi connectivity index (χ1v) is 7.26. The molecule has 19 heavy (non-hydrogen) atoms. The van der Waals surface area contributed by atoms with Gasteiger partial charge < -0.3 is 5.32 Å². The fourth-order valence-corrected chi connectivity index (χ4v) is 2.77. The number of ketones is 1. The Morgan fingerprint density at radius 3 is 2.53 bits per heavy atom. The maximum absolute atomic E-state index is 11.9. The van der Waals surface area contributed by atoms with Crippen LogP contribution in [-0.2, 0) is 0 Å². The van der Waals surface area contributed by atoms with Gasteiger partial charge in [0, 0.05) is 12.1 Å². The Kier molecular flexibility index (Phi) is 5.34. The van der Waals surface area contributed by atoms with Gasteiger partial charge in [-0.1, -0.05) is 49.6 Å². The van der Waals surface area contributed by atoms with Crippen LogP contribution in [0.1, 0.15) is 53.9 Å². The number of Topliss-reactive ketones (excluding diaryl/α,β-unsaturated/α-hetero) is 1. The minimum atomic E-state index is 0.150. The van der Waals surface area contributed by atoms with E-state index in [2.05, 4.69) is 24.0 Å². The SMILES string of the molecule is C=CCNCC(=O)c1ccc(C2CCCCC2)cc1. The molecule has 2 heteroatoms. The van der Waals surface area contributed by atoms with E-state index in [-0.39, 0.29) is 5.78 Å². The van der Waals surface area contributed by atoms with E-state index in [1.54, 1.807) is 6.08 Å². The van der Waals surface area contributed by atoms with Gasteiger partial charge in [0.25, 0.3) is 0 Å². The summed E-state index contributed by atoms with van der Waals surface area (Å²) in [5, 5.41) is 3.04. The summed E-state index contributed by atoms with van der Waals surface area (Å²) in [6.07, 6.45) is 8.43. The molecule has 2 nitrogen and oxygen atoms in total. The second-order valence-electron chi connectivity index (χ2n) is 5.30. The van der Waals surface area contributed by atoms with Crippen molar-refractivity contribution in [1.82, 2.24) is 5.32 Å². The number of rotatable bonds is 6. The molecular formula is C17H23NO. The Morgan fingerprint density at radius 2 is 1.89 bits per heavy atom. The molecule has 2 rings (SSSR count). The molecule has 1 saturated carbocycles. The number of hydrogen-bond donors (Lipinski definition) is 1. The number of carbonyl (C=O) groups excluding carboxylic acids is 1. The summed E-state index contributed by atoms with van der Waals surface area (Å²) >= 11 is 0. The highest BCUT2D eigenvalue weighted by molar-refractivity contribution is 5.97. The highest BCUT2D eigenvalue weighted by Crippen LogP contribution is 2.32. The topological polar surface area (TPSA) is 29.1 Å². The van der Waals surface area contributed by atoms with Crippen molar-refractivity contribution < 1.29 is 4.79 Å². The van der Waals surface area contributed by atoms with Gasteiger partial charge in [-0.15, -0.1) is 6.58 Å². The van der Waals surface area contributed by atoms with Crippen molar-refractivity contribution >= 4 is 5.78 Å². The van der Waals surface area contributed by atoms with Gasteiger partial charge in [0.15, 0.2) is 5.78 Å². The Hall–Kier alpha value is -1.41. The van der Waals surface area contributed by atoms with Gasteiger partial charge in [0.2, 0.25) is 0 Å². The van der Waals surface area contributed by atoms with Crippen LogP contribution in [0.5, 0.6) is 0 Å². The van der Waals surface area contributed by atoms with Crippen LogP contribution in [-0.4, -0.2) is 18.9 Å². The minimum Gasteiger partial charge on any atom is -0.306 e. The van der Waals surface area contributed by atoms with E-state index in [1.807, 2.05) is 12.1 Å². The van der Waals surface area contributed by atoms with E-state index in [9.17, 15) is 4.79 Å². The third-order valence-corrected chi connectivity index (χ3v) is 3.88. The molecule has 0 saturated heterocycles. The molecule has 0 aliphatic heterocycles. The first-order chi connectivity index (χ1) is 9.31. The largest absolute Gasteiger partial charge is 0.306 e. The van der Waals surface area contributed by atoms with E-state index in [1.165, 1.54) is 37.7 Å². The molecule has 0 atom stereocenters. The van der Waals surface area contributed by atoms with E-state index < -0.39 is 0 Å². The van der Waals surface area contributed by atoms with Gasteiger partial charge in [0.05, 0.1) is 6.54 Å². The summed E-state index contributed by atoms with van der Waals surface area (Å²) in [5.41, 5.74) is 2.20. The van der Waals surface area contributed by atoms with Crippen molar-refractivity contribution in [3.05, 3.63) is 48.0 Å². The van der Waals surface area contributed by atoms with Crippen molar-refractivity contribution in [2.75, 3.05) is 13.1 Å². The molecule has 0 aromatic heterocycles. The lowest BCUT2D eigenvalue weighted by Crippen LogP contribution is -2.22. The fourth-order valence-electron chi connectivity index (χ4n) is 2.77. The van der Waals surface area contributed by atoms with Crippen LogP contribution in [0.3, 0.4) is 0 Å². The normalized spacial score (nSPS) is 16.2. The highest BCUT2D eigenvalue weighted by atomic mass is 16.1. The quantitative estimate of drug-likeness (QED) is 0.478. The molecule has 1 N–H and O–H groups in total. The molecule has 0 spiro atoms. The van der Waals surface area contributed by atoms with Gasteiger partial charge in [-0.05, 0) is 24.3 Å². The monoisotopic (exact) mass is 257 g/mol. The number of benzene rings is 1. The zero-order chi connectivity index (χ0) is 13.5.